The molecule has 0 bridgehead atoms. The minimum absolute atomic E-state index is 0.133. The summed E-state index contributed by atoms with van der Waals surface area (Å²) < 4.78 is 24.1. The van der Waals surface area contributed by atoms with Crippen LogP contribution in [0.3, 0.4) is 0 Å². The van der Waals surface area contributed by atoms with Crippen molar-refractivity contribution in [1.82, 2.24) is 5.32 Å². The number of nitrogens with two attached hydrogens (primary N) is 1. The summed E-state index contributed by atoms with van der Waals surface area (Å²) in [6.07, 6.45) is 1.65. The van der Waals surface area contributed by atoms with E-state index in [1.165, 1.54) is 12.1 Å². The van der Waals surface area contributed by atoms with E-state index in [9.17, 15) is 9.18 Å². The molecular weight excluding hydrogens is 347 g/mol. The summed E-state index contributed by atoms with van der Waals surface area (Å²) in [6.45, 7) is 3.67. The molecule has 1 heterocycles. The van der Waals surface area contributed by atoms with E-state index in [2.05, 4.69) is 5.32 Å². The average Bonchev–Trinajstić information content (AvgIpc) is 2.69. The minimum Gasteiger partial charge on any atom is -0.457 e. The lowest BCUT2D eigenvalue weighted by Crippen LogP contribution is -2.46. The number of carbonyl (C=O) groups is 1. The Kier molecular flexibility index (Phi) is 6.42. The van der Waals surface area contributed by atoms with E-state index in [1.807, 2.05) is 25.1 Å². The van der Waals surface area contributed by atoms with Gasteiger partial charge in [-0.1, -0.05) is 12.1 Å². The number of rotatable bonds is 6. The highest BCUT2D eigenvalue weighted by atomic mass is 19.1. The predicted octanol–water partition coefficient (Wildman–Crippen LogP) is 3.30. The van der Waals surface area contributed by atoms with Crippen LogP contribution in [0.5, 0.6) is 11.5 Å². The number of hydrogen-bond donors (Lipinski definition) is 2. The lowest BCUT2D eigenvalue weighted by molar-refractivity contribution is -0.124. The zero-order valence-electron chi connectivity index (χ0n) is 15.4. The number of benzene rings is 2. The molecule has 2 aromatic carbocycles. The first-order valence-corrected chi connectivity index (χ1v) is 9.17. The molecule has 144 valence electrons. The third-order valence-corrected chi connectivity index (χ3v) is 4.82. The van der Waals surface area contributed by atoms with Gasteiger partial charge in [-0.25, -0.2) is 4.39 Å². The lowest BCUT2D eigenvalue weighted by Gasteiger charge is -2.26. The van der Waals surface area contributed by atoms with Crippen molar-refractivity contribution in [2.75, 3.05) is 13.2 Å². The number of aryl methyl sites for hydroxylation is 1. The number of amides is 1. The molecule has 6 heteroatoms. The summed E-state index contributed by atoms with van der Waals surface area (Å²) in [7, 11) is 0. The van der Waals surface area contributed by atoms with E-state index in [1.54, 1.807) is 12.1 Å². The molecule has 1 fully saturated rings. The van der Waals surface area contributed by atoms with E-state index >= 15 is 0 Å². The average molecular weight is 372 g/mol. The smallest absolute Gasteiger partial charge is 0.237 e. The van der Waals surface area contributed by atoms with Crippen LogP contribution in [0, 0.1) is 18.7 Å². The molecule has 0 radical (unpaired) electrons. The number of hydrogen-bond acceptors (Lipinski definition) is 4. The van der Waals surface area contributed by atoms with Crippen LogP contribution < -0.4 is 15.8 Å². The summed E-state index contributed by atoms with van der Waals surface area (Å²) in [5.74, 6) is 1.00. The Labute approximate surface area is 158 Å². The maximum Gasteiger partial charge on any atom is 0.237 e. The van der Waals surface area contributed by atoms with Crippen LogP contribution in [0.15, 0.2) is 42.5 Å². The van der Waals surface area contributed by atoms with Crippen LogP contribution in [0.25, 0.3) is 0 Å². The van der Waals surface area contributed by atoms with Gasteiger partial charge in [0.05, 0.1) is 6.04 Å². The summed E-state index contributed by atoms with van der Waals surface area (Å²) in [5.41, 5.74) is 7.99. The van der Waals surface area contributed by atoms with Crippen molar-refractivity contribution in [3.63, 3.8) is 0 Å². The zero-order chi connectivity index (χ0) is 19.2. The highest BCUT2D eigenvalue weighted by Gasteiger charge is 2.26. The molecule has 0 spiro atoms. The maximum atomic E-state index is 13.0. The fourth-order valence-corrected chi connectivity index (χ4v) is 3.16. The van der Waals surface area contributed by atoms with E-state index < -0.39 is 6.04 Å². The third kappa shape index (κ3) is 5.28. The number of ether oxygens (including phenoxy) is 2. The van der Waals surface area contributed by atoms with E-state index in [4.69, 9.17) is 15.2 Å². The standard InChI is InChI=1S/C21H25FN2O3/c1-14-12-15(2-7-19(14)27-18-5-3-17(22)4-6-18)13-24-21(25)20(23)16-8-10-26-11-9-16/h2-7,12,16,20H,8-11,13,23H2,1H3,(H,24,25). The molecule has 0 saturated carbocycles. The highest BCUT2D eigenvalue weighted by molar-refractivity contribution is 5.81. The van der Waals surface area contributed by atoms with Crippen molar-refractivity contribution >= 4 is 5.91 Å². The Hall–Kier alpha value is -2.44. The molecule has 1 atom stereocenters. The number of halogens is 1. The molecule has 0 aromatic heterocycles. The Balaban J connectivity index is 1.55. The summed E-state index contributed by atoms with van der Waals surface area (Å²) in [6, 6.07) is 11.1. The fraction of sp³-hybridized carbons (Fsp3) is 0.381. The molecule has 2 aromatic rings. The van der Waals surface area contributed by atoms with E-state index in [0.717, 1.165) is 24.0 Å². The van der Waals surface area contributed by atoms with Gasteiger partial charge in [0.25, 0.3) is 0 Å². The van der Waals surface area contributed by atoms with E-state index in [0.29, 0.717) is 31.3 Å². The molecule has 3 N–H and O–H groups in total. The molecule has 27 heavy (non-hydrogen) atoms. The normalized spacial score (nSPS) is 16.0. The van der Waals surface area contributed by atoms with Crippen LogP contribution >= 0.6 is 0 Å². The first-order chi connectivity index (χ1) is 13.0. The predicted molar refractivity (Wildman–Crippen MR) is 101 cm³/mol. The van der Waals surface area contributed by atoms with Crippen LogP contribution in [0.4, 0.5) is 4.39 Å². The molecule has 5 nitrogen and oxygen atoms in total. The van der Waals surface area contributed by atoms with Crippen molar-refractivity contribution < 1.29 is 18.7 Å². The minimum atomic E-state index is -0.504. The molecule has 1 unspecified atom stereocenters. The van der Waals surface area contributed by atoms with Gasteiger partial charge in [0.15, 0.2) is 0 Å². The largest absolute Gasteiger partial charge is 0.457 e. The van der Waals surface area contributed by atoms with Crippen molar-refractivity contribution in [2.45, 2.75) is 32.4 Å². The fourth-order valence-electron chi connectivity index (χ4n) is 3.16. The first kappa shape index (κ1) is 19.3. The van der Waals surface area contributed by atoms with Gasteiger partial charge in [-0.05, 0) is 67.1 Å². The SMILES string of the molecule is Cc1cc(CNC(=O)C(N)C2CCOCC2)ccc1Oc1ccc(F)cc1. The lowest BCUT2D eigenvalue weighted by atomic mass is 9.92. The quantitative estimate of drug-likeness (QED) is 0.816. The van der Waals surface area contributed by atoms with Crippen molar-refractivity contribution in [2.24, 2.45) is 11.7 Å². The van der Waals surface area contributed by atoms with Crippen molar-refractivity contribution in [1.29, 1.82) is 0 Å². The van der Waals surface area contributed by atoms with E-state index in [-0.39, 0.29) is 17.6 Å². The molecule has 1 aliphatic heterocycles. The molecule has 1 amide bonds. The van der Waals surface area contributed by atoms with Crippen molar-refractivity contribution in [3.8, 4) is 11.5 Å². The Bertz CT molecular complexity index is 773. The number of carbonyl (C=O) groups excluding carboxylic acids is 1. The maximum absolute atomic E-state index is 13.0. The van der Waals surface area contributed by atoms with Crippen LogP contribution in [0.1, 0.15) is 24.0 Å². The molecule has 1 saturated heterocycles. The molecule has 1 aliphatic rings. The third-order valence-electron chi connectivity index (χ3n) is 4.82. The monoisotopic (exact) mass is 372 g/mol. The van der Waals surface area contributed by atoms with Gasteiger partial charge in [-0.3, -0.25) is 4.79 Å². The second-order valence-electron chi connectivity index (χ2n) is 6.85. The molecule has 0 aliphatic carbocycles. The van der Waals surface area contributed by atoms with Crippen LogP contribution in [0.2, 0.25) is 0 Å². The number of nitrogens with one attached hydrogen (secondary N) is 1. The van der Waals surface area contributed by atoms with Gasteiger partial charge in [0.1, 0.15) is 17.3 Å². The van der Waals surface area contributed by atoms with Gasteiger partial charge in [-0.15, -0.1) is 0 Å². The highest BCUT2D eigenvalue weighted by Crippen LogP contribution is 2.26. The summed E-state index contributed by atoms with van der Waals surface area (Å²) in [4.78, 5) is 12.3. The second kappa shape index (κ2) is 8.97. The van der Waals surface area contributed by atoms with Gasteiger partial charge in [-0.2, -0.15) is 0 Å². The van der Waals surface area contributed by atoms with Gasteiger partial charge in [0.2, 0.25) is 5.91 Å². The second-order valence-corrected chi connectivity index (χ2v) is 6.85. The van der Waals surface area contributed by atoms with Crippen LogP contribution in [-0.4, -0.2) is 25.2 Å². The topological polar surface area (TPSA) is 73.6 Å². The zero-order valence-corrected chi connectivity index (χ0v) is 15.4. The molecule has 3 rings (SSSR count). The Morgan fingerprint density at radius 3 is 2.63 bits per heavy atom. The Morgan fingerprint density at radius 1 is 1.26 bits per heavy atom. The Morgan fingerprint density at radius 2 is 1.96 bits per heavy atom. The van der Waals surface area contributed by atoms with Gasteiger partial charge >= 0.3 is 0 Å². The summed E-state index contributed by atoms with van der Waals surface area (Å²) in [5, 5.41) is 2.91. The van der Waals surface area contributed by atoms with Gasteiger partial charge < -0.3 is 20.5 Å². The van der Waals surface area contributed by atoms with Gasteiger partial charge in [0, 0.05) is 19.8 Å². The van der Waals surface area contributed by atoms with Crippen LogP contribution in [-0.2, 0) is 16.1 Å². The van der Waals surface area contributed by atoms with Crippen molar-refractivity contribution in [3.05, 3.63) is 59.4 Å². The summed E-state index contributed by atoms with van der Waals surface area (Å²) >= 11 is 0. The first-order valence-electron chi connectivity index (χ1n) is 9.17. The molecular formula is C21H25FN2O3.